The van der Waals surface area contributed by atoms with Crippen molar-refractivity contribution in [3.8, 4) is 0 Å². The van der Waals surface area contributed by atoms with Crippen molar-refractivity contribution in [1.82, 2.24) is 0 Å². The van der Waals surface area contributed by atoms with E-state index in [1.54, 1.807) is 11.3 Å². The van der Waals surface area contributed by atoms with E-state index < -0.39 is 0 Å². The van der Waals surface area contributed by atoms with Crippen molar-refractivity contribution in [3.63, 3.8) is 0 Å². The van der Waals surface area contributed by atoms with Gasteiger partial charge < -0.3 is 4.74 Å². The second-order valence-electron chi connectivity index (χ2n) is 3.57. The third kappa shape index (κ3) is 1.75. The average Bonchev–Trinajstić information content (AvgIpc) is 2.75. The molecule has 13 heavy (non-hydrogen) atoms. The minimum Gasteiger partial charge on any atom is -0.475 e. The van der Waals surface area contributed by atoms with Crippen molar-refractivity contribution in [2.24, 2.45) is 10.9 Å². The number of hydrogen-bond donors (Lipinski definition) is 0. The molecule has 0 aliphatic carbocycles. The van der Waals surface area contributed by atoms with Gasteiger partial charge in [0, 0.05) is 10.9 Å². The van der Waals surface area contributed by atoms with E-state index >= 15 is 0 Å². The van der Waals surface area contributed by atoms with Crippen LogP contribution in [-0.4, -0.2) is 18.5 Å². The van der Waals surface area contributed by atoms with Gasteiger partial charge in [0.25, 0.3) is 0 Å². The van der Waals surface area contributed by atoms with Crippen LogP contribution in [0.15, 0.2) is 21.8 Å². The molecule has 0 unspecified atom stereocenters. The van der Waals surface area contributed by atoms with E-state index in [-0.39, 0.29) is 0 Å². The Bertz CT molecular complexity index is 303. The second-order valence-corrected chi connectivity index (χ2v) is 4.35. The predicted molar refractivity (Wildman–Crippen MR) is 55.4 cm³/mol. The molecule has 2 heterocycles. The third-order valence-electron chi connectivity index (χ3n) is 2.21. The summed E-state index contributed by atoms with van der Waals surface area (Å²) in [7, 11) is 0. The molecular formula is C10H13NOS. The zero-order valence-corrected chi connectivity index (χ0v) is 8.67. The maximum absolute atomic E-state index is 5.53. The molecule has 0 radical (unpaired) electrons. The van der Waals surface area contributed by atoms with Crippen LogP contribution in [-0.2, 0) is 4.74 Å². The van der Waals surface area contributed by atoms with Crippen molar-refractivity contribution in [2.75, 3.05) is 6.61 Å². The molecule has 0 saturated carbocycles. The van der Waals surface area contributed by atoms with Gasteiger partial charge in [-0.3, -0.25) is 0 Å². The molecule has 1 aliphatic heterocycles. The Labute approximate surface area is 82.3 Å². The van der Waals surface area contributed by atoms with E-state index in [9.17, 15) is 0 Å². The van der Waals surface area contributed by atoms with E-state index in [2.05, 4.69) is 24.2 Å². The van der Waals surface area contributed by atoms with Crippen molar-refractivity contribution < 1.29 is 4.74 Å². The molecule has 0 N–H and O–H groups in total. The summed E-state index contributed by atoms with van der Waals surface area (Å²) in [6, 6.07) is 2.39. The lowest BCUT2D eigenvalue weighted by molar-refractivity contribution is 0.292. The normalized spacial score (nSPS) is 21.8. The second kappa shape index (κ2) is 3.50. The van der Waals surface area contributed by atoms with Crippen molar-refractivity contribution in [3.05, 3.63) is 22.4 Å². The Morgan fingerprint density at radius 2 is 2.46 bits per heavy atom. The molecule has 70 valence electrons. The van der Waals surface area contributed by atoms with Crippen LogP contribution in [0.25, 0.3) is 0 Å². The largest absolute Gasteiger partial charge is 0.475 e. The highest BCUT2D eigenvalue weighted by molar-refractivity contribution is 7.08. The highest BCUT2D eigenvalue weighted by Gasteiger charge is 2.22. The standard InChI is InChI=1S/C10H13NOS/c1-7(2)9-5-12-10(11-9)8-3-4-13-6-8/h3-4,6-7,9H,5H2,1-2H3/t9-/m1/s1. The van der Waals surface area contributed by atoms with Crippen LogP contribution in [0.4, 0.5) is 0 Å². The summed E-state index contributed by atoms with van der Waals surface area (Å²) in [6.07, 6.45) is 0. The summed E-state index contributed by atoms with van der Waals surface area (Å²) in [6.45, 7) is 5.09. The van der Waals surface area contributed by atoms with Gasteiger partial charge in [-0.25, -0.2) is 4.99 Å². The summed E-state index contributed by atoms with van der Waals surface area (Å²) < 4.78 is 5.53. The summed E-state index contributed by atoms with van der Waals surface area (Å²) in [5.41, 5.74) is 1.12. The molecule has 0 aromatic carbocycles. The fraction of sp³-hybridized carbons (Fsp3) is 0.500. The molecule has 1 aromatic heterocycles. The van der Waals surface area contributed by atoms with Gasteiger partial charge in [0.05, 0.1) is 6.04 Å². The van der Waals surface area contributed by atoms with E-state index in [0.29, 0.717) is 12.0 Å². The van der Waals surface area contributed by atoms with Crippen molar-refractivity contribution >= 4 is 17.2 Å². The first-order valence-electron chi connectivity index (χ1n) is 4.50. The van der Waals surface area contributed by atoms with Gasteiger partial charge in [-0.05, 0) is 17.4 Å². The molecule has 1 atom stereocenters. The van der Waals surface area contributed by atoms with Crippen LogP contribution < -0.4 is 0 Å². The highest BCUT2D eigenvalue weighted by Crippen LogP contribution is 2.18. The summed E-state index contributed by atoms with van der Waals surface area (Å²) in [5.74, 6) is 1.39. The number of thiophene rings is 1. The highest BCUT2D eigenvalue weighted by atomic mass is 32.1. The Morgan fingerprint density at radius 3 is 3.00 bits per heavy atom. The molecule has 0 fully saturated rings. The Kier molecular flexibility index (Phi) is 2.36. The summed E-state index contributed by atoms with van der Waals surface area (Å²) >= 11 is 1.68. The number of hydrogen-bond acceptors (Lipinski definition) is 3. The zero-order chi connectivity index (χ0) is 9.26. The topological polar surface area (TPSA) is 21.6 Å². The minimum absolute atomic E-state index is 0.342. The molecule has 0 saturated heterocycles. The van der Waals surface area contributed by atoms with Gasteiger partial charge >= 0.3 is 0 Å². The molecule has 2 nitrogen and oxygen atoms in total. The van der Waals surface area contributed by atoms with Gasteiger partial charge in [0.15, 0.2) is 0 Å². The minimum atomic E-state index is 0.342. The molecule has 2 rings (SSSR count). The number of nitrogens with zero attached hydrogens (tertiary/aromatic N) is 1. The molecular weight excluding hydrogens is 182 g/mol. The monoisotopic (exact) mass is 195 g/mol. The van der Waals surface area contributed by atoms with Gasteiger partial charge in [-0.1, -0.05) is 13.8 Å². The molecule has 1 aromatic rings. The maximum atomic E-state index is 5.53. The smallest absolute Gasteiger partial charge is 0.217 e. The average molecular weight is 195 g/mol. The lowest BCUT2D eigenvalue weighted by Gasteiger charge is -2.06. The van der Waals surface area contributed by atoms with E-state index in [1.165, 1.54) is 0 Å². The Balaban J connectivity index is 2.15. The van der Waals surface area contributed by atoms with Gasteiger partial charge in [-0.15, -0.1) is 0 Å². The van der Waals surface area contributed by atoms with Crippen molar-refractivity contribution in [2.45, 2.75) is 19.9 Å². The van der Waals surface area contributed by atoms with Crippen LogP contribution >= 0.6 is 11.3 Å². The van der Waals surface area contributed by atoms with Gasteiger partial charge in [0.1, 0.15) is 6.61 Å². The van der Waals surface area contributed by atoms with Gasteiger partial charge in [0.2, 0.25) is 5.90 Å². The molecule has 1 aliphatic rings. The van der Waals surface area contributed by atoms with Crippen LogP contribution in [0.2, 0.25) is 0 Å². The van der Waals surface area contributed by atoms with Crippen LogP contribution in [0, 0.1) is 5.92 Å². The fourth-order valence-corrected chi connectivity index (χ4v) is 1.90. The van der Waals surface area contributed by atoms with Crippen LogP contribution in [0.5, 0.6) is 0 Å². The van der Waals surface area contributed by atoms with Crippen molar-refractivity contribution in [1.29, 1.82) is 0 Å². The third-order valence-corrected chi connectivity index (χ3v) is 2.89. The SMILES string of the molecule is CC(C)[C@H]1COC(c2ccsc2)=N1. The quantitative estimate of drug-likeness (QED) is 0.710. The molecule has 0 amide bonds. The zero-order valence-electron chi connectivity index (χ0n) is 7.86. The fourth-order valence-electron chi connectivity index (χ4n) is 1.28. The Hall–Kier alpha value is -0.830. The molecule has 0 bridgehead atoms. The first-order chi connectivity index (χ1) is 6.27. The maximum Gasteiger partial charge on any atom is 0.217 e. The molecule has 0 spiro atoms. The molecule has 3 heteroatoms. The van der Waals surface area contributed by atoms with Crippen LogP contribution in [0.3, 0.4) is 0 Å². The van der Waals surface area contributed by atoms with Gasteiger partial charge in [-0.2, -0.15) is 11.3 Å². The number of ether oxygens (including phenoxy) is 1. The van der Waals surface area contributed by atoms with E-state index in [1.807, 2.05) is 11.4 Å². The number of rotatable bonds is 2. The lowest BCUT2D eigenvalue weighted by atomic mass is 10.1. The summed E-state index contributed by atoms with van der Waals surface area (Å²) in [5, 5.41) is 4.12. The first kappa shape index (κ1) is 8.75. The predicted octanol–water partition coefficient (Wildman–Crippen LogP) is 2.55. The number of aliphatic imine (C=N–C) groups is 1. The van der Waals surface area contributed by atoms with E-state index in [0.717, 1.165) is 18.1 Å². The summed E-state index contributed by atoms with van der Waals surface area (Å²) in [4.78, 5) is 4.53. The van der Waals surface area contributed by atoms with Crippen LogP contribution in [0.1, 0.15) is 19.4 Å². The van der Waals surface area contributed by atoms with E-state index in [4.69, 9.17) is 4.74 Å². The Morgan fingerprint density at radius 1 is 1.62 bits per heavy atom. The first-order valence-corrected chi connectivity index (χ1v) is 5.45. The lowest BCUT2D eigenvalue weighted by Crippen LogP contribution is -2.13.